The van der Waals surface area contributed by atoms with Crippen molar-refractivity contribution >= 4 is 11.0 Å². The van der Waals surface area contributed by atoms with Crippen molar-refractivity contribution < 1.29 is 4.74 Å². The van der Waals surface area contributed by atoms with Gasteiger partial charge in [-0.25, -0.2) is 0 Å². The van der Waals surface area contributed by atoms with Crippen LogP contribution in [-0.4, -0.2) is 34.1 Å². The molecule has 2 aromatic carbocycles. The smallest absolute Gasteiger partial charge is 0.0931 e. The second-order valence-corrected chi connectivity index (χ2v) is 6.61. The lowest BCUT2D eigenvalue weighted by atomic mass is 10.1. The van der Waals surface area contributed by atoms with E-state index in [1.54, 1.807) is 12.4 Å². The minimum absolute atomic E-state index is 0.365. The maximum atomic E-state index is 6.09. The number of aromatic nitrogens is 2. The molecule has 0 spiro atoms. The van der Waals surface area contributed by atoms with Crippen LogP contribution in [0.25, 0.3) is 11.0 Å². The van der Waals surface area contributed by atoms with Crippen LogP contribution in [0.15, 0.2) is 60.9 Å². The molecule has 0 unspecified atom stereocenters. The van der Waals surface area contributed by atoms with E-state index >= 15 is 0 Å². The predicted molar refractivity (Wildman–Crippen MR) is 99.1 cm³/mol. The van der Waals surface area contributed by atoms with Crippen LogP contribution in [0.3, 0.4) is 0 Å². The van der Waals surface area contributed by atoms with Crippen molar-refractivity contribution in [1.29, 1.82) is 0 Å². The Balaban J connectivity index is 1.31. The number of likely N-dealkylation sites (tertiary alicyclic amines) is 1. The van der Waals surface area contributed by atoms with Crippen molar-refractivity contribution in [3.05, 3.63) is 72.1 Å². The molecule has 0 radical (unpaired) electrons. The van der Waals surface area contributed by atoms with E-state index in [-0.39, 0.29) is 0 Å². The molecule has 2 heterocycles. The first-order valence-electron chi connectivity index (χ1n) is 8.95. The van der Waals surface area contributed by atoms with Crippen molar-refractivity contribution in [2.45, 2.75) is 32.1 Å². The van der Waals surface area contributed by atoms with Crippen molar-refractivity contribution in [3.8, 4) is 0 Å². The third kappa shape index (κ3) is 4.03. The number of piperidine rings is 1. The monoisotopic (exact) mass is 333 g/mol. The van der Waals surface area contributed by atoms with E-state index in [9.17, 15) is 0 Å². The predicted octanol–water partition coefficient (Wildman–Crippen LogP) is 3.81. The Labute approximate surface area is 148 Å². The van der Waals surface area contributed by atoms with Gasteiger partial charge in [0, 0.05) is 32.0 Å². The SMILES string of the molecule is c1ccc(COC2CCN(Cc3cccc4nccnc34)CC2)cc1. The molecule has 128 valence electrons. The third-order valence-electron chi connectivity index (χ3n) is 4.84. The van der Waals surface area contributed by atoms with E-state index in [0.29, 0.717) is 12.7 Å². The lowest BCUT2D eigenvalue weighted by molar-refractivity contribution is -0.00387. The summed E-state index contributed by atoms with van der Waals surface area (Å²) in [5.74, 6) is 0. The van der Waals surface area contributed by atoms with Crippen molar-refractivity contribution in [2.24, 2.45) is 0 Å². The molecule has 1 aliphatic heterocycles. The normalized spacial score (nSPS) is 16.3. The van der Waals surface area contributed by atoms with Gasteiger partial charge in [0.15, 0.2) is 0 Å². The number of rotatable bonds is 5. The van der Waals surface area contributed by atoms with Gasteiger partial charge in [0.1, 0.15) is 0 Å². The summed E-state index contributed by atoms with van der Waals surface area (Å²) >= 11 is 0. The van der Waals surface area contributed by atoms with Crippen molar-refractivity contribution in [3.63, 3.8) is 0 Å². The quantitative estimate of drug-likeness (QED) is 0.712. The molecule has 25 heavy (non-hydrogen) atoms. The molecule has 0 bridgehead atoms. The summed E-state index contributed by atoms with van der Waals surface area (Å²) in [6, 6.07) is 16.7. The highest BCUT2D eigenvalue weighted by atomic mass is 16.5. The largest absolute Gasteiger partial charge is 0.373 e. The number of benzene rings is 2. The molecule has 4 rings (SSSR count). The fraction of sp³-hybridized carbons (Fsp3) is 0.333. The van der Waals surface area contributed by atoms with Crippen LogP contribution in [0.5, 0.6) is 0 Å². The second kappa shape index (κ2) is 7.72. The van der Waals surface area contributed by atoms with Gasteiger partial charge in [-0.05, 0) is 30.0 Å². The van der Waals surface area contributed by atoms with Gasteiger partial charge in [-0.3, -0.25) is 14.9 Å². The maximum Gasteiger partial charge on any atom is 0.0931 e. The number of hydrogen-bond acceptors (Lipinski definition) is 4. The summed E-state index contributed by atoms with van der Waals surface area (Å²) in [4.78, 5) is 11.4. The Kier molecular flexibility index (Phi) is 5.00. The van der Waals surface area contributed by atoms with Crippen LogP contribution in [0, 0.1) is 0 Å². The Morgan fingerprint density at radius 3 is 2.56 bits per heavy atom. The van der Waals surface area contributed by atoms with E-state index in [0.717, 1.165) is 43.5 Å². The zero-order valence-electron chi connectivity index (χ0n) is 14.3. The number of nitrogens with zero attached hydrogens (tertiary/aromatic N) is 3. The molecule has 1 fully saturated rings. The van der Waals surface area contributed by atoms with E-state index in [1.807, 2.05) is 12.1 Å². The van der Waals surface area contributed by atoms with Crippen LogP contribution in [0.4, 0.5) is 0 Å². The highest BCUT2D eigenvalue weighted by Gasteiger charge is 2.20. The average Bonchev–Trinajstić information content (AvgIpc) is 2.69. The first kappa shape index (κ1) is 16.2. The number of fused-ring (bicyclic) bond motifs is 1. The van der Waals surface area contributed by atoms with Crippen molar-refractivity contribution in [1.82, 2.24) is 14.9 Å². The molecule has 3 aromatic rings. The zero-order chi connectivity index (χ0) is 16.9. The summed E-state index contributed by atoms with van der Waals surface area (Å²) in [6.07, 6.45) is 6.06. The molecule has 4 nitrogen and oxygen atoms in total. The first-order valence-corrected chi connectivity index (χ1v) is 8.95. The van der Waals surface area contributed by atoms with E-state index in [1.165, 1.54) is 11.1 Å². The van der Waals surface area contributed by atoms with Crippen molar-refractivity contribution in [2.75, 3.05) is 13.1 Å². The number of ether oxygens (including phenoxy) is 1. The van der Waals surface area contributed by atoms with E-state index in [4.69, 9.17) is 4.74 Å². The molecule has 0 amide bonds. The van der Waals surface area contributed by atoms with Gasteiger partial charge in [-0.15, -0.1) is 0 Å². The second-order valence-electron chi connectivity index (χ2n) is 6.61. The van der Waals surface area contributed by atoms with Crippen LogP contribution in [0.1, 0.15) is 24.0 Å². The van der Waals surface area contributed by atoms with E-state index in [2.05, 4.69) is 51.3 Å². The zero-order valence-corrected chi connectivity index (χ0v) is 14.3. The summed E-state index contributed by atoms with van der Waals surface area (Å²) in [6.45, 7) is 3.78. The minimum atomic E-state index is 0.365. The molecule has 1 saturated heterocycles. The molecule has 0 atom stereocenters. The van der Waals surface area contributed by atoms with Crippen LogP contribution < -0.4 is 0 Å². The molecule has 1 aromatic heterocycles. The van der Waals surface area contributed by atoms with Gasteiger partial charge in [0.25, 0.3) is 0 Å². The summed E-state index contributed by atoms with van der Waals surface area (Å²) in [7, 11) is 0. The summed E-state index contributed by atoms with van der Waals surface area (Å²) < 4.78 is 6.09. The summed E-state index contributed by atoms with van der Waals surface area (Å²) in [5.41, 5.74) is 4.50. The Morgan fingerprint density at radius 2 is 1.72 bits per heavy atom. The molecule has 1 aliphatic rings. The maximum absolute atomic E-state index is 6.09. The fourth-order valence-corrected chi connectivity index (χ4v) is 3.44. The van der Waals surface area contributed by atoms with E-state index < -0.39 is 0 Å². The van der Waals surface area contributed by atoms with Gasteiger partial charge in [-0.2, -0.15) is 0 Å². The lowest BCUT2D eigenvalue weighted by Gasteiger charge is -2.32. The highest BCUT2D eigenvalue weighted by molar-refractivity contribution is 5.77. The molecule has 4 heteroatoms. The topological polar surface area (TPSA) is 38.2 Å². The highest BCUT2D eigenvalue weighted by Crippen LogP contribution is 2.20. The first-order chi connectivity index (χ1) is 12.4. The van der Waals surface area contributed by atoms with Gasteiger partial charge in [0.05, 0.1) is 23.7 Å². The Bertz CT molecular complexity index is 808. The molecular weight excluding hydrogens is 310 g/mol. The molecular formula is C21H23N3O. The van der Waals surface area contributed by atoms with Crippen LogP contribution in [0.2, 0.25) is 0 Å². The fourth-order valence-electron chi connectivity index (χ4n) is 3.44. The standard InChI is InChI=1S/C21H23N3O/c1-2-5-17(6-3-1)16-25-19-9-13-24(14-10-19)15-18-7-4-8-20-21(18)23-12-11-22-20/h1-8,11-12,19H,9-10,13-16H2. The minimum Gasteiger partial charge on any atom is -0.373 e. The van der Waals surface area contributed by atoms with Gasteiger partial charge in [-0.1, -0.05) is 42.5 Å². The lowest BCUT2D eigenvalue weighted by Crippen LogP contribution is -2.36. The number of hydrogen-bond donors (Lipinski definition) is 0. The number of para-hydroxylation sites is 1. The van der Waals surface area contributed by atoms with Crippen LogP contribution >= 0.6 is 0 Å². The van der Waals surface area contributed by atoms with Gasteiger partial charge in [0.2, 0.25) is 0 Å². The molecule has 0 saturated carbocycles. The molecule has 0 N–H and O–H groups in total. The van der Waals surface area contributed by atoms with Gasteiger partial charge < -0.3 is 4.74 Å². The van der Waals surface area contributed by atoms with Gasteiger partial charge >= 0.3 is 0 Å². The summed E-state index contributed by atoms with van der Waals surface area (Å²) in [5, 5.41) is 0. The molecule has 0 aliphatic carbocycles. The third-order valence-corrected chi connectivity index (χ3v) is 4.84. The average molecular weight is 333 g/mol. The Morgan fingerprint density at radius 1 is 0.920 bits per heavy atom. The Hall–Kier alpha value is -2.30. The van der Waals surface area contributed by atoms with Crippen LogP contribution in [-0.2, 0) is 17.9 Å².